The zero-order valence-corrected chi connectivity index (χ0v) is 18.8. The normalized spacial score (nSPS) is 28.4. The molecule has 5 nitrogen and oxygen atoms in total. The summed E-state index contributed by atoms with van der Waals surface area (Å²) in [6, 6.07) is 1.16. The molecule has 3 fully saturated rings. The molecule has 3 atom stereocenters. The Balaban J connectivity index is 1.98. The summed E-state index contributed by atoms with van der Waals surface area (Å²) in [5.41, 5.74) is 0.861. The first kappa shape index (κ1) is 21.5. The standard InChI is InChI=1S/C18H38O5Si2/c1-6-19-24(5,11-10-16-12-17-14-18(13-16)23-17)15-25(20-7-2,21-8-3)22-9-4/h16-18H,6-15H2,1-5H3. The van der Waals surface area contributed by atoms with Crippen molar-refractivity contribution >= 4 is 17.1 Å². The Labute approximate surface area is 156 Å². The summed E-state index contributed by atoms with van der Waals surface area (Å²) in [6.07, 6.45) is 6.07. The van der Waals surface area contributed by atoms with E-state index in [1.165, 1.54) is 25.7 Å². The third kappa shape index (κ3) is 6.12. The Bertz CT molecular complexity index is 365. The fraction of sp³-hybridized carbons (Fsp3) is 1.00. The Morgan fingerprint density at radius 1 is 0.800 bits per heavy atom. The van der Waals surface area contributed by atoms with Gasteiger partial charge in [-0.25, -0.2) is 0 Å². The average molecular weight is 391 g/mol. The van der Waals surface area contributed by atoms with Gasteiger partial charge in [0, 0.05) is 32.1 Å². The predicted molar refractivity (Wildman–Crippen MR) is 104 cm³/mol. The van der Waals surface area contributed by atoms with Gasteiger partial charge in [0.2, 0.25) is 0 Å². The second-order valence-corrected chi connectivity index (χ2v) is 14.9. The summed E-state index contributed by atoms with van der Waals surface area (Å²) < 4.78 is 30.4. The lowest BCUT2D eigenvalue weighted by Crippen LogP contribution is -2.54. The van der Waals surface area contributed by atoms with Gasteiger partial charge in [-0.3, -0.25) is 0 Å². The van der Waals surface area contributed by atoms with Gasteiger partial charge in [0.15, 0.2) is 8.32 Å². The lowest BCUT2D eigenvalue weighted by Gasteiger charge is -2.46. The highest BCUT2D eigenvalue weighted by atomic mass is 28.4. The van der Waals surface area contributed by atoms with E-state index < -0.39 is 17.1 Å². The highest BCUT2D eigenvalue weighted by molar-refractivity contribution is 6.86. The van der Waals surface area contributed by atoms with Crippen LogP contribution in [0.4, 0.5) is 0 Å². The molecule has 3 rings (SSSR count). The number of hydrogen-bond donors (Lipinski definition) is 0. The van der Waals surface area contributed by atoms with Crippen molar-refractivity contribution in [1.29, 1.82) is 0 Å². The van der Waals surface area contributed by atoms with Crippen LogP contribution in [-0.2, 0) is 22.4 Å². The van der Waals surface area contributed by atoms with Crippen molar-refractivity contribution in [3.8, 4) is 0 Å². The third-order valence-corrected chi connectivity index (χ3v) is 14.6. The highest BCUT2D eigenvalue weighted by Crippen LogP contribution is 2.41. The molecule has 3 unspecified atom stereocenters. The predicted octanol–water partition coefficient (Wildman–Crippen LogP) is 4.14. The van der Waals surface area contributed by atoms with E-state index in [1.807, 2.05) is 20.8 Å². The van der Waals surface area contributed by atoms with E-state index in [0.29, 0.717) is 32.0 Å². The fourth-order valence-corrected chi connectivity index (χ4v) is 13.8. The zero-order valence-electron chi connectivity index (χ0n) is 16.8. The smallest absolute Gasteiger partial charge is 0.417 e. The topological polar surface area (TPSA) is 46.2 Å². The monoisotopic (exact) mass is 390 g/mol. The van der Waals surface area contributed by atoms with Crippen LogP contribution in [0.15, 0.2) is 0 Å². The molecule has 2 saturated heterocycles. The summed E-state index contributed by atoms with van der Waals surface area (Å²) in [5.74, 6) is 0.798. The minimum absolute atomic E-state index is 0.535. The minimum Gasteiger partial charge on any atom is -0.417 e. The van der Waals surface area contributed by atoms with E-state index >= 15 is 0 Å². The summed E-state index contributed by atoms with van der Waals surface area (Å²) in [5, 5.41) is 0. The van der Waals surface area contributed by atoms with Crippen molar-refractivity contribution in [1.82, 2.24) is 0 Å². The van der Waals surface area contributed by atoms with Crippen LogP contribution in [0.1, 0.15) is 53.4 Å². The Morgan fingerprint density at radius 2 is 1.28 bits per heavy atom. The van der Waals surface area contributed by atoms with Crippen LogP contribution in [0, 0.1) is 5.92 Å². The maximum Gasteiger partial charge on any atom is 0.500 e. The van der Waals surface area contributed by atoms with Gasteiger partial charge < -0.3 is 22.4 Å². The molecule has 7 heteroatoms. The first-order chi connectivity index (χ1) is 12.0. The maximum absolute atomic E-state index is 6.36. The third-order valence-electron chi connectivity index (χ3n) is 5.36. The van der Waals surface area contributed by atoms with E-state index in [2.05, 4.69) is 13.5 Å². The van der Waals surface area contributed by atoms with Crippen LogP contribution in [0.3, 0.4) is 0 Å². The molecule has 0 spiro atoms. The number of hydrogen-bond acceptors (Lipinski definition) is 5. The van der Waals surface area contributed by atoms with Crippen molar-refractivity contribution in [3.05, 3.63) is 0 Å². The van der Waals surface area contributed by atoms with Gasteiger partial charge in [-0.1, -0.05) is 6.42 Å². The second-order valence-electron chi connectivity index (χ2n) is 7.53. The molecule has 1 aliphatic carbocycles. The SMILES string of the molecule is CCO[Si](C)(CCC1CC2CC(C1)O2)C[Si](OCC)(OCC)OCC. The second kappa shape index (κ2) is 9.96. The Morgan fingerprint density at radius 3 is 1.72 bits per heavy atom. The molecule has 0 aromatic carbocycles. The van der Waals surface area contributed by atoms with Gasteiger partial charge in [-0.15, -0.1) is 0 Å². The molecule has 1 saturated carbocycles. The van der Waals surface area contributed by atoms with E-state index in [4.69, 9.17) is 22.4 Å². The molecule has 0 aromatic heterocycles. The van der Waals surface area contributed by atoms with E-state index in [1.54, 1.807) is 0 Å². The van der Waals surface area contributed by atoms with Gasteiger partial charge in [0.05, 0.1) is 12.2 Å². The van der Waals surface area contributed by atoms with Crippen LogP contribution in [0.5, 0.6) is 0 Å². The molecule has 0 aromatic rings. The molecule has 25 heavy (non-hydrogen) atoms. The minimum atomic E-state index is -2.65. The van der Waals surface area contributed by atoms with Crippen molar-refractivity contribution in [3.63, 3.8) is 0 Å². The Kier molecular flexibility index (Phi) is 8.58. The largest absolute Gasteiger partial charge is 0.500 e. The van der Waals surface area contributed by atoms with Crippen LogP contribution < -0.4 is 0 Å². The molecule has 0 radical (unpaired) electrons. The van der Waals surface area contributed by atoms with Crippen LogP contribution in [-0.4, -0.2) is 55.8 Å². The molecular formula is C18H38O5Si2. The molecule has 2 bridgehead atoms. The van der Waals surface area contributed by atoms with Gasteiger partial charge in [0.1, 0.15) is 0 Å². The van der Waals surface area contributed by atoms with E-state index in [-0.39, 0.29) is 0 Å². The van der Waals surface area contributed by atoms with E-state index in [9.17, 15) is 0 Å². The van der Waals surface area contributed by atoms with Crippen LogP contribution in [0.25, 0.3) is 0 Å². The van der Waals surface area contributed by atoms with Crippen LogP contribution >= 0.6 is 0 Å². The molecule has 3 aliphatic rings. The molecule has 2 heterocycles. The van der Waals surface area contributed by atoms with Crippen LogP contribution in [0.2, 0.25) is 18.3 Å². The lowest BCUT2D eigenvalue weighted by atomic mass is 9.79. The summed E-state index contributed by atoms with van der Waals surface area (Å²) in [7, 11) is -4.59. The quantitative estimate of drug-likeness (QED) is 0.442. The van der Waals surface area contributed by atoms with Crippen molar-refractivity contribution in [2.75, 3.05) is 26.4 Å². The number of ether oxygens (including phenoxy) is 1. The number of fused-ring (bicyclic) bond motifs is 2. The Hall–Kier alpha value is 0.234. The molecule has 0 N–H and O–H groups in total. The summed E-state index contributed by atoms with van der Waals surface area (Å²) in [4.78, 5) is 0. The highest BCUT2D eigenvalue weighted by Gasteiger charge is 2.49. The molecule has 0 amide bonds. The average Bonchev–Trinajstić information content (AvgIpc) is 2.53. The van der Waals surface area contributed by atoms with Crippen molar-refractivity contribution in [2.45, 2.75) is 83.8 Å². The van der Waals surface area contributed by atoms with E-state index in [0.717, 1.165) is 24.2 Å². The maximum atomic E-state index is 6.36. The van der Waals surface area contributed by atoms with Gasteiger partial charge in [-0.2, -0.15) is 0 Å². The number of rotatable bonds is 13. The fourth-order valence-electron chi connectivity index (χ4n) is 4.40. The first-order valence-electron chi connectivity index (χ1n) is 10.2. The molecule has 2 aliphatic heterocycles. The van der Waals surface area contributed by atoms with Crippen molar-refractivity contribution < 1.29 is 22.4 Å². The van der Waals surface area contributed by atoms with Crippen molar-refractivity contribution in [2.24, 2.45) is 5.92 Å². The molecular weight excluding hydrogens is 352 g/mol. The summed E-state index contributed by atoms with van der Waals surface area (Å²) in [6.45, 7) is 13.2. The first-order valence-corrected chi connectivity index (χ1v) is 14.9. The van der Waals surface area contributed by atoms with Gasteiger partial charge in [-0.05, 0) is 65.5 Å². The lowest BCUT2D eigenvalue weighted by molar-refractivity contribution is -0.173. The molecule has 148 valence electrons. The zero-order chi connectivity index (χ0) is 18.3. The summed E-state index contributed by atoms with van der Waals surface area (Å²) >= 11 is 0. The van der Waals surface area contributed by atoms with Gasteiger partial charge in [0.25, 0.3) is 0 Å². The van der Waals surface area contributed by atoms with Gasteiger partial charge >= 0.3 is 8.80 Å².